The van der Waals surface area contributed by atoms with Gasteiger partial charge in [0.25, 0.3) is 0 Å². The molecule has 0 radical (unpaired) electrons. The maximum absolute atomic E-state index is 12.6. The van der Waals surface area contributed by atoms with Crippen LogP contribution >= 0.6 is 0 Å². The molecule has 1 atom stereocenters. The van der Waals surface area contributed by atoms with Gasteiger partial charge in [-0.2, -0.15) is 0 Å². The van der Waals surface area contributed by atoms with Crippen LogP contribution in [0.15, 0.2) is 30.3 Å². The highest BCUT2D eigenvalue weighted by molar-refractivity contribution is 5.76. The summed E-state index contributed by atoms with van der Waals surface area (Å²) in [7, 11) is 0. The molecule has 1 unspecified atom stereocenters. The summed E-state index contributed by atoms with van der Waals surface area (Å²) in [5.41, 5.74) is 0. The molecule has 28 heavy (non-hydrogen) atoms. The molecule has 2 heterocycles. The summed E-state index contributed by atoms with van der Waals surface area (Å²) in [6.07, 6.45) is 6.68. The monoisotopic (exact) mass is 386 g/mol. The minimum atomic E-state index is 0.208. The van der Waals surface area contributed by atoms with Crippen LogP contribution in [0.4, 0.5) is 0 Å². The molecule has 5 nitrogen and oxygen atoms in total. The molecule has 0 bridgehead atoms. The van der Waals surface area contributed by atoms with Crippen LogP contribution in [0.3, 0.4) is 0 Å². The van der Waals surface area contributed by atoms with E-state index in [0.29, 0.717) is 31.3 Å². The number of para-hydroxylation sites is 1. The van der Waals surface area contributed by atoms with E-state index in [9.17, 15) is 9.59 Å². The van der Waals surface area contributed by atoms with Crippen LogP contribution < -0.4 is 4.74 Å². The Balaban J connectivity index is 1.39. The predicted molar refractivity (Wildman–Crippen MR) is 110 cm³/mol. The van der Waals surface area contributed by atoms with Crippen LogP contribution in [0, 0.1) is 11.8 Å². The number of benzene rings is 1. The summed E-state index contributed by atoms with van der Waals surface area (Å²) in [6.45, 7) is 5.93. The van der Waals surface area contributed by atoms with E-state index in [1.807, 2.05) is 47.1 Å². The van der Waals surface area contributed by atoms with Crippen molar-refractivity contribution >= 4 is 11.8 Å². The van der Waals surface area contributed by atoms with Gasteiger partial charge in [-0.05, 0) is 56.1 Å². The molecule has 2 saturated heterocycles. The van der Waals surface area contributed by atoms with Gasteiger partial charge in [0.1, 0.15) is 5.75 Å². The largest absolute Gasteiger partial charge is 0.493 e. The zero-order valence-corrected chi connectivity index (χ0v) is 17.1. The van der Waals surface area contributed by atoms with Crippen molar-refractivity contribution in [2.24, 2.45) is 11.8 Å². The molecule has 0 N–H and O–H groups in total. The SMILES string of the molecule is CCC(=O)N1CCC(C2CCCN(C(=O)CCOc3ccccc3)CC2)CC1. The Morgan fingerprint density at radius 3 is 2.14 bits per heavy atom. The Bertz CT molecular complexity index is 626. The van der Waals surface area contributed by atoms with Gasteiger partial charge in [0, 0.05) is 32.6 Å². The maximum atomic E-state index is 12.6. The van der Waals surface area contributed by atoms with Crippen molar-refractivity contribution in [3.63, 3.8) is 0 Å². The number of amides is 2. The molecule has 154 valence electrons. The fourth-order valence-corrected chi connectivity index (χ4v) is 4.62. The molecule has 2 amide bonds. The van der Waals surface area contributed by atoms with Crippen LogP contribution in [0.1, 0.15) is 51.9 Å². The van der Waals surface area contributed by atoms with E-state index in [2.05, 4.69) is 0 Å². The maximum Gasteiger partial charge on any atom is 0.225 e. The van der Waals surface area contributed by atoms with Crippen molar-refractivity contribution in [2.45, 2.75) is 51.9 Å². The molecule has 1 aromatic rings. The molecule has 1 aromatic carbocycles. The van der Waals surface area contributed by atoms with Crippen LogP contribution in [-0.2, 0) is 9.59 Å². The Kier molecular flexibility index (Phi) is 7.75. The molecule has 0 aliphatic carbocycles. The van der Waals surface area contributed by atoms with Crippen LogP contribution in [-0.4, -0.2) is 54.4 Å². The first kappa shape index (κ1) is 20.7. The van der Waals surface area contributed by atoms with E-state index in [4.69, 9.17) is 4.74 Å². The molecular formula is C23H34N2O3. The third-order valence-electron chi connectivity index (χ3n) is 6.31. The topological polar surface area (TPSA) is 49.9 Å². The van der Waals surface area contributed by atoms with Gasteiger partial charge < -0.3 is 14.5 Å². The molecule has 0 spiro atoms. The van der Waals surface area contributed by atoms with Crippen molar-refractivity contribution in [1.82, 2.24) is 9.80 Å². The number of ether oxygens (including phenoxy) is 1. The summed E-state index contributed by atoms with van der Waals surface area (Å²) in [5, 5.41) is 0. The average molecular weight is 387 g/mol. The molecule has 2 aliphatic heterocycles. The predicted octanol–water partition coefficient (Wildman–Crippen LogP) is 3.73. The van der Waals surface area contributed by atoms with Crippen LogP contribution in [0.5, 0.6) is 5.75 Å². The van der Waals surface area contributed by atoms with E-state index in [1.54, 1.807) is 0 Å². The summed E-state index contributed by atoms with van der Waals surface area (Å²) in [5.74, 6) is 2.71. The van der Waals surface area contributed by atoms with Gasteiger partial charge in [0.05, 0.1) is 13.0 Å². The number of carbonyl (C=O) groups is 2. The number of piperidine rings is 1. The highest BCUT2D eigenvalue weighted by atomic mass is 16.5. The second kappa shape index (κ2) is 10.5. The summed E-state index contributed by atoms with van der Waals surface area (Å²) >= 11 is 0. The minimum absolute atomic E-state index is 0.208. The average Bonchev–Trinajstić information content (AvgIpc) is 3.00. The third kappa shape index (κ3) is 5.73. The van der Waals surface area contributed by atoms with Gasteiger partial charge in [-0.1, -0.05) is 25.1 Å². The van der Waals surface area contributed by atoms with Gasteiger partial charge in [-0.15, -0.1) is 0 Å². The standard InChI is InChI=1S/C23H34N2O3/c1-2-22(26)25-16-11-20(12-17-25)19-7-6-14-24(15-10-19)23(27)13-18-28-21-8-4-3-5-9-21/h3-5,8-9,19-20H,2,6-7,10-18H2,1H3. The van der Waals surface area contributed by atoms with Crippen molar-refractivity contribution in [3.8, 4) is 5.75 Å². The van der Waals surface area contributed by atoms with E-state index in [1.165, 1.54) is 6.42 Å². The van der Waals surface area contributed by atoms with Crippen molar-refractivity contribution in [2.75, 3.05) is 32.8 Å². The lowest BCUT2D eigenvalue weighted by molar-refractivity contribution is -0.133. The van der Waals surface area contributed by atoms with Gasteiger partial charge >= 0.3 is 0 Å². The van der Waals surface area contributed by atoms with Gasteiger partial charge in [-0.3, -0.25) is 9.59 Å². The van der Waals surface area contributed by atoms with Gasteiger partial charge in [0.2, 0.25) is 11.8 Å². The van der Waals surface area contributed by atoms with E-state index >= 15 is 0 Å². The lowest BCUT2D eigenvalue weighted by Crippen LogP contribution is -2.40. The molecule has 0 saturated carbocycles. The normalized spacial score (nSPS) is 21.2. The molecular weight excluding hydrogens is 352 g/mol. The number of carbonyl (C=O) groups excluding carboxylic acids is 2. The first-order chi connectivity index (χ1) is 13.7. The zero-order valence-electron chi connectivity index (χ0n) is 17.1. The first-order valence-corrected chi connectivity index (χ1v) is 10.9. The fourth-order valence-electron chi connectivity index (χ4n) is 4.62. The Morgan fingerprint density at radius 2 is 1.50 bits per heavy atom. The molecule has 2 aliphatic rings. The van der Waals surface area contributed by atoms with Crippen LogP contribution in [0.2, 0.25) is 0 Å². The quantitative estimate of drug-likeness (QED) is 0.748. The number of rotatable bonds is 6. The van der Waals surface area contributed by atoms with Gasteiger partial charge in [-0.25, -0.2) is 0 Å². The highest BCUT2D eigenvalue weighted by Gasteiger charge is 2.30. The summed E-state index contributed by atoms with van der Waals surface area (Å²) < 4.78 is 5.67. The highest BCUT2D eigenvalue weighted by Crippen LogP contribution is 2.32. The molecule has 0 aromatic heterocycles. The fraction of sp³-hybridized carbons (Fsp3) is 0.652. The number of hydrogen-bond donors (Lipinski definition) is 0. The third-order valence-corrected chi connectivity index (χ3v) is 6.31. The Labute approximate surface area is 169 Å². The smallest absolute Gasteiger partial charge is 0.225 e. The van der Waals surface area contributed by atoms with Crippen molar-refractivity contribution < 1.29 is 14.3 Å². The lowest BCUT2D eigenvalue weighted by atomic mass is 9.80. The number of nitrogens with zero attached hydrogens (tertiary/aromatic N) is 2. The number of hydrogen-bond acceptors (Lipinski definition) is 3. The van der Waals surface area contributed by atoms with Crippen LogP contribution in [0.25, 0.3) is 0 Å². The zero-order chi connectivity index (χ0) is 19.8. The van der Waals surface area contributed by atoms with E-state index in [0.717, 1.165) is 57.6 Å². The van der Waals surface area contributed by atoms with Crippen molar-refractivity contribution in [1.29, 1.82) is 0 Å². The second-order valence-electron chi connectivity index (χ2n) is 8.06. The second-order valence-corrected chi connectivity index (χ2v) is 8.06. The first-order valence-electron chi connectivity index (χ1n) is 10.9. The lowest BCUT2D eigenvalue weighted by Gasteiger charge is -2.36. The van der Waals surface area contributed by atoms with Gasteiger partial charge in [0.15, 0.2) is 0 Å². The summed E-state index contributed by atoms with van der Waals surface area (Å²) in [4.78, 5) is 28.5. The summed E-state index contributed by atoms with van der Waals surface area (Å²) in [6, 6.07) is 9.67. The van der Waals surface area contributed by atoms with E-state index in [-0.39, 0.29) is 11.8 Å². The van der Waals surface area contributed by atoms with Crippen molar-refractivity contribution in [3.05, 3.63) is 30.3 Å². The Morgan fingerprint density at radius 1 is 0.893 bits per heavy atom. The minimum Gasteiger partial charge on any atom is -0.493 e. The Hall–Kier alpha value is -2.04. The number of likely N-dealkylation sites (tertiary alicyclic amines) is 2. The molecule has 2 fully saturated rings. The van der Waals surface area contributed by atoms with E-state index < -0.39 is 0 Å². The molecule has 5 heteroatoms. The molecule has 3 rings (SSSR count).